The molecule has 0 radical (unpaired) electrons. The molecule has 160 valence electrons. The summed E-state index contributed by atoms with van der Waals surface area (Å²) in [5.41, 5.74) is 3.88. The van der Waals surface area contributed by atoms with E-state index in [1.807, 2.05) is 54.7 Å². The van der Waals surface area contributed by atoms with Crippen molar-refractivity contribution in [3.05, 3.63) is 108 Å². The molecule has 32 heavy (non-hydrogen) atoms. The monoisotopic (exact) mass is 426 g/mol. The fourth-order valence-corrected chi connectivity index (χ4v) is 3.86. The third kappa shape index (κ3) is 3.98. The highest BCUT2D eigenvalue weighted by Crippen LogP contribution is 2.30. The van der Waals surface area contributed by atoms with Crippen LogP contribution in [-0.4, -0.2) is 43.8 Å². The van der Waals surface area contributed by atoms with Gasteiger partial charge < -0.3 is 14.7 Å². The summed E-state index contributed by atoms with van der Waals surface area (Å²) in [4.78, 5) is 19.0. The first kappa shape index (κ1) is 20.0. The molecule has 5 rings (SSSR count). The van der Waals surface area contributed by atoms with E-state index in [1.165, 1.54) is 0 Å². The molecule has 0 spiro atoms. The fraction of sp³-hybridized carbons (Fsp3) is 0.160. The van der Waals surface area contributed by atoms with Crippen LogP contribution in [0.15, 0.2) is 85.5 Å². The second-order valence-electron chi connectivity index (χ2n) is 7.62. The average Bonchev–Trinajstić information content (AvgIpc) is 3.30. The number of pyridine rings is 1. The van der Waals surface area contributed by atoms with E-state index in [-0.39, 0.29) is 5.91 Å². The van der Waals surface area contributed by atoms with E-state index in [4.69, 9.17) is 4.74 Å². The third-order valence-corrected chi connectivity index (χ3v) is 5.57. The molecule has 1 unspecified atom stereocenters. The van der Waals surface area contributed by atoms with E-state index in [0.29, 0.717) is 25.3 Å². The fourth-order valence-electron chi connectivity index (χ4n) is 3.86. The number of fused-ring (bicyclic) bond motifs is 1. The predicted octanol–water partition coefficient (Wildman–Crippen LogP) is 3.38. The Kier molecular flexibility index (Phi) is 5.39. The summed E-state index contributed by atoms with van der Waals surface area (Å²) in [6.07, 6.45) is 6.11. The van der Waals surface area contributed by atoms with Gasteiger partial charge in [0.2, 0.25) is 0 Å². The Hall–Kier alpha value is -3.97. The molecule has 1 amide bonds. The minimum Gasteiger partial charge on any atom is -0.491 e. The summed E-state index contributed by atoms with van der Waals surface area (Å²) in [7, 11) is 0. The molecule has 7 heteroatoms. The van der Waals surface area contributed by atoms with Crippen molar-refractivity contribution in [2.24, 2.45) is 0 Å². The van der Waals surface area contributed by atoms with E-state index in [1.54, 1.807) is 40.3 Å². The van der Waals surface area contributed by atoms with Gasteiger partial charge in [-0.05, 0) is 65.7 Å². The summed E-state index contributed by atoms with van der Waals surface area (Å²) < 4.78 is 7.63. The van der Waals surface area contributed by atoms with Crippen molar-refractivity contribution in [2.75, 3.05) is 13.2 Å². The first-order valence-corrected chi connectivity index (χ1v) is 10.4. The summed E-state index contributed by atoms with van der Waals surface area (Å²) in [6, 6.07) is 18.4. The molecule has 0 fully saturated rings. The van der Waals surface area contributed by atoms with Gasteiger partial charge >= 0.3 is 0 Å². The lowest BCUT2D eigenvalue weighted by molar-refractivity contribution is 0.0733. The third-order valence-electron chi connectivity index (χ3n) is 5.57. The zero-order valence-electron chi connectivity index (χ0n) is 17.3. The maximum absolute atomic E-state index is 13.2. The van der Waals surface area contributed by atoms with E-state index >= 15 is 0 Å². The molecule has 1 aliphatic rings. The summed E-state index contributed by atoms with van der Waals surface area (Å²) in [5, 5.41) is 15.0. The van der Waals surface area contributed by atoms with Crippen molar-refractivity contribution in [1.82, 2.24) is 19.7 Å². The number of carbonyl (C=O) groups excluding carboxylic acids is 1. The number of rotatable bonds is 4. The molecule has 0 saturated carbocycles. The van der Waals surface area contributed by atoms with E-state index < -0.39 is 6.10 Å². The Morgan fingerprint density at radius 3 is 2.56 bits per heavy atom. The first-order chi connectivity index (χ1) is 15.7. The number of aliphatic hydroxyl groups is 1. The van der Waals surface area contributed by atoms with Crippen molar-refractivity contribution in [2.45, 2.75) is 12.6 Å². The van der Waals surface area contributed by atoms with Crippen LogP contribution < -0.4 is 4.74 Å². The minimum atomic E-state index is -0.773. The van der Waals surface area contributed by atoms with Crippen LogP contribution in [0.3, 0.4) is 0 Å². The molecule has 7 nitrogen and oxygen atoms in total. The lowest BCUT2D eigenvalue weighted by Crippen LogP contribution is -2.32. The Morgan fingerprint density at radius 2 is 1.81 bits per heavy atom. The van der Waals surface area contributed by atoms with Crippen molar-refractivity contribution >= 4 is 5.91 Å². The van der Waals surface area contributed by atoms with Gasteiger partial charge in [0.25, 0.3) is 5.91 Å². The maximum atomic E-state index is 13.2. The molecule has 1 atom stereocenters. The lowest BCUT2D eigenvalue weighted by Gasteiger charge is -2.20. The number of amides is 1. The van der Waals surface area contributed by atoms with Crippen molar-refractivity contribution in [3.8, 4) is 11.4 Å². The standard InChI is InChI=1S/C25H22N4O3/c30-24(18-8-11-26-12-9-18)20-4-7-23-21(16-20)17-28(14-15-32-23)25(31)19-2-5-22(6-3-19)29-13-1-10-27-29/h1-13,16,24,30H,14-15,17H2. The highest BCUT2D eigenvalue weighted by molar-refractivity contribution is 5.94. The number of benzene rings is 2. The van der Waals surface area contributed by atoms with E-state index in [9.17, 15) is 9.90 Å². The maximum Gasteiger partial charge on any atom is 0.254 e. The van der Waals surface area contributed by atoms with Gasteiger partial charge in [-0.2, -0.15) is 5.10 Å². The number of hydrogen-bond acceptors (Lipinski definition) is 5. The lowest BCUT2D eigenvalue weighted by atomic mass is 10.00. The number of nitrogens with zero attached hydrogens (tertiary/aromatic N) is 4. The molecular weight excluding hydrogens is 404 g/mol. The average molecular weight is 426 g/mol. The number of hydrogen-bond donors (Lipinski definition) is 1. The van der Waals surface area contributed by atoms with Gasteiger partial charge in [-0.3, -0.25) is 9.78 Å². The second-order valence-corrected chi connectivity index (χ2v) is 7.62. The van der Waals surface area contributed by atoms with Gasteiger partial charge in [0, 0.05) is 42.5 Å². The van der Waals surface area contributed by atoms with Crippen molar-refractivity contribution in [1.29, 1.82) is 0 Å². The Balaban J connectivity index is 1.37. The highest BCUT2D eigenvalue weighted by Gasteiger charge is 2.22. The predicted molar refractivity (Wildman–Crippen MR) is 119 cm³/mol. The van der Waals surface area contributed by atoms with Gasteiger partial charge in [-0.1, -0.05) is 6.07 Å². The van der Waals surface area contributed by atoms with E-state index in [0.717, 1.165) is 28.1 Å². The zero-order chi connectivity index (χ0) is 21.9. The molecule has 3 heterocycles. The zero-order valence-corrected chi connectivity index (χ0v) is 17.3. The Morgan fingerprint density at radius 1 is 1.00 bits per heavy atom. The van der Waals surface area contributed by atoms with Crippen molar-refractivity contribution in [3.63, 3.8) is 0 Å². The summed E-state index contributed by atoms with van der Waals surface area (Å²) in [6.45, 7) is 1.30. The minimum absolute atomic E-state index is 0.0615. The Bertz CT molecular complexity index is 1210. The molecule has 0 bridgehead atoms. The van der Waals surface area contributed by atoms with Crippen LogP contribution in [0.5, 0.6) is 5.75 Å². The van der Waals surface area contributed by atoms with Crippen LogP contribution in [0.2, 0.25) is 0 Å². The largest absolute Gasteiger partial charge is 0.491 e. The number of aliphatic hydroxyl groups excluding tert-OH is 1. The Labute approximate surface area is 185 Å². The van der Waals surface area contributed by atoms with Gasteiger partial charge in [0.05, 0.1) is 12.2 Å². The number of aromatic nitrogens is 3. The van der Waals surface area contributed by atoms with Crippen LogP contribution >= 0.6 is 0 Å². The second kappa shape index (κ2) is 8.64. The van der Waals surface area contributed by atoms with Crippen LogP contribution in [0, 0.1) is 0 Å². The smallest absolute Gasteiger partial charge is 0.254 e. The van der Waals surface area contributed by atoms with Gasteiger partial charge in [0.1, 0.15) is 18.5 Å². The molecule has 1 aliphatic heterocycles. The van der Waals surface area contributed by atoms with Crippen LogP contribution in [0.25, 0.3) is 5.69 Å². The highest BCUT2D eigenvalue weighted by atomic mass is 16.5. The topological polar surface area (TPSA) is 80.5 Å². The van der Waals surface area contributed by atoms with E-state index in [2.05, 4.69) is 10.1 Å². The first-order valence-electron chi connectivity index (χ1n) is 10.4. The SMILES string of the molecule is O=C(c1ccc(-n2cccn2)cc1)N1CCOc2ccc(C(O)c3ccncc3)cc2C1. The molecule has 4 aromatic rings. The molecule has 2 aromatic carbocycles. The van der Waals surface area contributed by atoms with Crippen LogP contribution in [0.1, 0.15) is 33.2 Å². The van der Waals surface area contributed by atoms with Crippen molar-refractivity contribution < 1.29 is 14.6 Å². The molecule has 0 aliphatic carbocycles. The molecule has 2 aromatic heterocycles. The van der Waals surface area contributed by atoms with Crippen LogP contribution in [-0.2, 0) is 6.54 Å². The van der Waals surface area contributed by atoms with Gasteiger partial charge in [-0.15, -0.1) is 0 Å². The van der Waals surface area contributed by atoms with Crippen LogP contribution in [0.4, 0.5) is 0 Å². The molecule has 1 N–H and O–H groups in total. The number of ether oxygens (including phenoxy) is 1. The normalized spacial score (nSPS) is 14.2. The summed E-state index contributed by atoms with van der Waals surface area (Å²) >= 11 is 0. The molecular formula is C25H22N4O3. The number of carbonyl (C=O) groups is 1. The summed E-state index contributed by atoms with van der Waals surface area (Å²) in [5.74, 6) is 0.675. The molecule has 0 saturated heterocycles. The van der Waals surface area contributed by atoms with Gasteiger partial charge in [0.15, 0.2) is 0 Å². The van der Waals surface area contributed by atoms with Gasteiger partial charge in [-0.25, -0.2) is 4.68 Å². The quantitative estimate of drug-likeness (QED) is 0.541.